The minimum absolute atomic E-state index is 0.133. The van der Waals surface area contributed by atoms with E-state index >= 15 is 0 Å². The van der Waals surface area contributed by atoms with Gasteiger partial charge >= 0.3 is 0 Å². The summed E-state index contributed by atoms with van der Waals surface area (Å²) in [5.74, 6) is -1.73. The maximum absolute atomic E-state index is 13.4. The van der Waals surface area contributed by atoms with Crippen molar-refractivity contribution in [2.45, 2.75) is 63.1 Å². The largest absolute Gasteiger partial charge is 0.368 e. The second-order valence-electron chi connectivity index (χ2n) is 10.2. The maximum atomic E-state index is 13.4. The van der Waals surface area contributed by atoms with Gasteiger partial charge in [-0.3, -0.25) is 19.2 Å². The Morgan fingerprint density at radius 2 is 1.85 bits per heavy atom. The summed E-state index contributed by atoms with van der Waals surface area (Å²) < 4.78 is 0. The smallest absolute Gasteiger partial charge is 0.243 e. The number of hydrogen-bond donors (Lipinski definition) is 5. The average Bonchev–Trinajstić information content (AvgIpc) is 3.65. The highest BCUT2D eigenvalue weighted by Crippen LogP contribution is 2.23. The fourth-order valence-electron chi connectivity index (χ4n) is 5.19. The van der Waals surface area contributed by atoms with Crippen LogP contribution in [0.4, 0.5) is 0 Å². The molecule has 1 aromatic heterocycles. The van der Waals surface area contributed by atoms with E-state index in [0.29, 0.717) is 50.9 Å². The van der Waals surface area contributed by atoms with Crippen LogP contribution in [-0.2, 0) is 32.0 Å². The van der Waals surface area contributed by atoms with Crippen LogP contribution in [0.3, 0.4) is 0 Å². The third-order valence-corrected chi connectivity index (χ3v) is 7.32. The van der Waals surface area contributed by atoms with Crippen LogP contribution in [0.5, 0.6) is 0 Å². The van der Waals surface area contributed by atoms with Crippen LogP contribution < -0.4 is 22.1 Å². The molecule has 0 radical (unpaired) electrons. The van der Waals surface area contributed by atoms with E-state index in [1.54, 1.807) is 11.1 Å². The first-order valence-corrected chi connectivity index (χ1v) is 13.7. The topological polar surface area (TPSA) is 176 Å². The highest BCUT2D eigenvalue weighted by Gasteiger charge is 2.36. The van der Waals surface area contributed by atoms with E-state index in [0.717, 1.165) is 16.3 Å². The van der Waals surface area contributed by atoms with Gasteiger partial charge in [-0.15, -0.1) is 0 Å². The number of H-pyrrole nitrogens is 1. The fraction of sp³-hybridized carbons (Fsp3) is 0.414. The first-order chi connectivity index (χ1) is 19.4. The van der Waals surface area contributed by atoms with Gasteiger partial charge in [-0.1, -0.05) is 42.5 Å². The van der Waals surface area contributed by atoms with Crippen molar-refractivity contribution < 1.29 is 19.2 Å². The Labute approximate surface area is 233 Å². The van der Waals surface area contributed by atoms with Crippen molar-refractivity contribution >= 4 is 34.4 Å². The van der Waals surface area contributed by atoms with Gasteiger partial charge in [-0.2, -0.15) is 0 Å². The van der Waals surface area contributed by atoms with Crippen molar-refractivity contribution in [3.05, 3.63) is 66.2 Å². The van der Waals surface area contributed by atoms with Crippen LogP contribution in [0.15, 0.2) is 55.0 Å². The summed E-state index contributed by atoms with van der Waals surface area (Å²) in [6.07, 6.45) is 6.15. The van der Waals surface area contributed by atoms with Crippen LogP contribution in [-0.4, -0.2) is 69.7 Å². The minimum Gasteiger partial charge on any atom is -0.368 e. The summed E-state index contributed by atoms with van der Waals surface area (Å²) in [5.41, 5.74) is 12.7. The lowest BCUT2D eigenvalue weighted by Gasteiger charge is -2.27. The number of nitrogens with one attached hydrogen (secondary N) is 3. The number of carbonyl (C=O) groups excluding carboxylic acids is 4. The lowest BCUT2D eigenvalue weighted by atomic mass is 10.0. The highest BCUT2D eigenvalue weighted by atomic mass is 16.2. The lowest BCUT2D eigenvalue weighted by Crippen LogP contribution is -2.56. The lowest BCUT2D eigenvalue weighted by molar-refractivity contribution is -0.139. The number of carbonyl (C=O) groups is 4. The number of benzene rings is 2. The van der Waals surface area contributed by atoms with Gasteiger partial charge in [0.2, 0.25) is 23.6 Å². The van der Waals surface area contributed by atoms with Crippen LogP contribution >= 0.6 is 0 Å². The monoisotopic (exact) mass is 547 g/mol. The molecular formula is C29H37N7O4. The molecule has 1 aliphatic rings. The summed E-state index contributed by atoms with van der Waals surface area (Å²) in [4.78, 5) is 60.5. The van der Waals surface area contributed by atoms with Crippen molar-refractivity contribution in [1.29, 1.82) is 0 Å². The van der Waals surface area contributed by atoms with Gasteiger partial charge in [-0.05, 0) is 55.0 Å². The Bertz CT molecular complexity index is 1320. The Hall–Kier alpha value is -4.25. The number of nitrogens with two attached hydrogens (primary N) is 2. The molecule has 7 N–H and O–H groups in total. The number of unbranched alkanes of at least 4 members (excludes halogenated alkanes) is 1. The second-order valence-corrected chi connectivity index (χ2v) is 10.2. The van der Waals surface area contributed by atoms with Gasteiger partial charge in [0.1, 0.15) is 18.1 Å². The molecule has 0 saturated carbocycles. The van der Waals surface area contributed by atoms with E-state index in [9.17, 15) is 19.2 Å². The van der Waals surface area contributed by atoms with Crippen LogP contribution in [0, 0.1) is 0 Å². The molecule has 0 bridgehead atoms. The first-order valence-electron chi connectivity index (χ1n) is 13.7. The molecule has 212 valence electrons. The minimum atomic E-state index is -0.980. The average molecular weight is 548 g/mol. The predicted molar refractivity (Wildman–Crippen MR) is 151 cm³/mol. The Kier molecular flexibility index (Phi) is 9.85. The fourth-order valence-corrected chi connectivity index (χ4v) is 5.19. The Morgan fingerprint density at radius 3 is 2.60 bits per heavy atom. The zero-order chi connectivity index (χ0) is 28.5. The van der Waals surface area contributed by atoms with E-state index in [-0.39, 0.29) is 24.7 Å². The van der Waals surface area contributed by atoms with Crippen molar-refractivity contribution in [2.75, 3.05) is 13.1 Å². The number of hydrogen-bond acceptors (Lipinski definition) is 6. The number of aromatic amines is 1. The summed E-state index contributed by atoms with van der Waals surface area (Å²) in [5, 5.41) is 7.58. The number of primary amides is 1. The third-order valence-electron chi connectivity index (χ3n) is 7.32. The number of imidazole rings is 1. The molecule has 3 aromatic rings. The Morgan fingerprint density at radius 1 is 1.05 bits per heavy atom. The highest BCUT2D eigenvalue weighted by molar-refractivity contribution is 5.95. The standard InChI is InChI=1S/C29H37N7O4/c30-13-4-3-11-23(28(39)35-24(27(31)38)16-21-17-32-18-33-21)34-29(40)25-12-6-14-36(25)26(37)15-20-9-5-8-19-7-1-2-10-22(19)20/h1-2,5,7-10,17-18,23-25H,3-4,6,11-16,30H2,(H2,31,38)(H,32,33)(H,34,40)(H,35,39)/t23-,24-,25-/m0/s1. The number of aromatic nitrogens is 2. The van der Waals surface area contributed by atoms with Gasteiger partial charge in [0.15, 0.2) is 0 Å². The molecule has 3 atom stereocenters. The van der Waals surface area contributed by atoms with Crippen molar-refractivity contribution in [2.24, 2.45) is 11.5 Å². The number of nitrogens with zero attached hydrogens (tertiary/aromatic N) is 2. The van der Waals surface area contributed by atoms with Crippen LogP contribution in [0.1, 0.15) is 43.4 Å². The molecule has 0 unspecified atom stereocenters. The predicted octanol–water partition coefficient (Wildman–Crippen LogP) is 0.923. The van der Waals surface area contributed by atoms with Crippen LogP contribution in [0.25, 0.3) is 10.8 Å². The van der Waals surface area contributed by atoms with E-state index < -0.39 is 29.9 Å². The molecule has 11 heteroatoms. The van der Waals surface area contributed by atoms with Crippen molar-refractivity contribution in [3.8, 4) is 0 Å². The summed E-state index contributed by atoms with van der Waals surface area (Å²) in [7, 11) is 0. The summed E-state index contributed by atoms with van der Waals surface area (Å²) >= 11 is 0. The molecule has 1 saturated heterocycles. The van der Waals surface area contributed by atoms with E-state index in [4.69, 9.17) is 11.5 Å². The summed E-state index contributed by atoms with van der Waals surface area (Å²) in [6.45, 7) is 0.921. The molecule has 1 aliphatic heterocycles. The maximum Gasteiger partial charge on any atom is 0.243 e. The molecule has 4 rings (SSSR count). The van der Waals surface area contributed by atoms with E-state index in [1.165, 1.54) is 6.33 Å². The molecular weight excluding hydrogens is 510 g/mol. The number of likely N-dealkylation sites (tertiary alicyclic amines) is 1. The summed E-state index contributed by atoms with van der Waals surface area (Å²) in [6, 6.07) is 11.2. The zero-order valence-corrected chi connectivity index (χ0v) is 22.5. The molecule has 11 nitrogen and oxygen atoms in total. The normalized spacial score (nSPS) is 16.4. The molecule has 0 aliphatic carbocycles. The first kappa shape index (κ1) is 28.8. The number of fused-ring (bicyclic) bond motifs is 1. The molecule has 40 heavy (non-hydrogen) atoms. The second kappa shape index (κ2) is 13.7. The van der Waals surface area contributed by atoms with E-state index in [2.05, 4.69) is 20.6 Å². The molecule has 0 spiro atoms. The SMILES string of the molecule is NCCCC[C@H](NC(=O)[C@@H]1CCCN1C(=O)Cc1cccc2ccccc12)C(=O)N[C@@H](Cc1cnc[nH]1)C(N)=O. The van der Waals surface area contributed by atoms with Gasteiger partial charge in [0, 0.05) is 24.9 Å². The number of amides is 4. The van der Waals surface area contributed by atoms with Gasteiger partial charge < -0.3 is 32.0 Å². The Balaban J connectivity index is 1.43. The van der Waals surface area contributed by atoms with Gasteiger partial charge in [-0.25, -0.2) is 4.98 Å². The van der Waals surface area contributed by atoms with Crippen molar-refractivity contribution in [1.82, 2.24) is 25.5 Å². The molecule has 2 heterocycles. The quantitative estimate of drug-likeness (QED) is 0.199. The molecule has 4 amide bonds. The van der Waals surface area contributed by atoms with Crippen LogP contribution in [0.2, 0.25) is 0 Å². The van der Waals surface area contributed by atoms with E-state index in [1.807, 2.05) is 42.5 Å². The van der Waals surface area contributed by atoms with Gasteiger partial charge in [0.25, 0.3) is 0 Å². The zero-order valence-electron chi connectivity index (χ0n) is 22.5. The van der Waals surface area contributed by atoms with Gasteiger partial charge in [0.05, 0.1) is 12.7 Å². The number of rotatable bonds is 13. The molecule has 2 aromatic carbocycles. The third kappa shape index (κ3) is 7.23. The van der Waals surface area contributed by atoms with Crippen molar-refractivity contribution in [3.63, 3.8) is 0 Å². The molecule has 1 fully saturated rings.